The minimum absolute atomic E-state index is 0.932. The number of hydrogen-bond acceptors (Lipinski definition) is 2. The Morgan fingerprint density at radius 3 is 2.42 bits per heavy atom. The van der Waals surface area contributed by atoms with Crippen LogP contribution in [0.25, 0.3) is 11.4 Å². The molecular formula is C15H19N3Si. The van der Waals surface area contributed by atoms with E-state index in [1.807, 2.05) is 43.0 Å². The molecule has 0 aliphatic carbocycles. The quantitative estimate of drug-likeness (QED) is 0.588. The van der Waals surface area contributed by atoms with E-state index in [-0.39, 0.29) is 0 Å². The summed E-state index contributed by atoms with van der Waals surface area (Å²) in [4.78, 5) is 4.48. The highest BCUT2D eigenvalue weighted by atomic mass is 28.3. The number of pyridine rings is 1. The maximum atomic E-state index is 4.48. The topological polar surface area (TPSA) is 30.7 Å². The first-order valence-corrected chi connectivity index (χ1v) is 9.85. The molecular weight excluding hydrogens is 250 g/mol. The summed E-state index contributed by atoms with van der Waals surface area (Å²) in [6.45, 7) is 8.69. The van der Waals surface area contributed by atoms with Crippen LogP contribution in [0.1, 0.15) is 11.3 Å². The van der Waals surface area contributed by atoms with Gasteiger partial charge in [0.2, 0.25) is 0 Å². The van der Waals surface area contributed by atoms with E-state index in [0.717, 1.165) is 22.6 Å². The molecule has 4 heteroatoms. The number of rotatable bonds is 1. The first kappa shape index (κ1) is 13.6. The molecule has 0 atom stereocenters. The Hall–Kier alpha value is -1.86. The molecule has 98 valence electrons. The highest BCUT2D eigenvalue weighted by Crippen LogP contribution is 2.17. The smallest absolute Gasteiger partial charge is 0.129 e. The molecule has 19 heavy (non-hydrogen) atoms. The zero-order valence-corrected chi connectivity index (χ0v) is 13.2. The van der Waals surface area contributed by atoms with Crippen molar-refractivity contribution in [1.82, 2.24) is 14.8 Å². The summed E-state index contributed by atoms with van der Waals surface area (Å²) in [5.74, 6) is 3.21. The van der Waals surface area contributed by atoms with Crippen LogP contribution < -0.4 is 0 Å². The molecule has 0 saturated heterocycles. The molecule has 0 aromatic carbocycles. The molecule has 3 nitrogen and oxygen atoms in total. The van der Waals surface area contributed by atoms with Crippen LogP contribution in [-0.2, 0) is 7.05 Å². The number of aromatic nitrogens is 3. The lowest BCUT2D eigenvalue weighted by atomic mass is 10.2. The summed E-state index contributed by atoms with van der Waals surface area (Å²) in [6, 6.07) is 6.07. The van der Waals surface area contributed by atoms with Crippen molar-refractivity contribution in [2.45, 2.75) is 26.6 Å². The van der Waals surface area contributed by atoms with Gasteiger partial charge in [-0.15, -0.1) is 5.54 Å². The lowest BCUT2D eigenvalue weighted by molar-refractivity contribution is 0.762. The van der Waals surface area contributed by atoms with Crippen molar-refractivity contribution < 1.29 is 0 Å². The van der Waals surface area contributed by atoms with E-state index in [1.54, 1.807) is 0 Å². The lowest BCUT2D eigenvalue weighted by Crippen LogP contribution is -2.16. The van der Waals surface area contributed by atoms with Crippen LogP contribution in [0, 0.1) is 18.4 Å². The Morgan fingerprint density at radius 2 is 1.95 bits per heavy atom. The summed E-state index contributed by atoms with van der Waals surface area (Å²) in [5, 5.41) is 4.33. The van der Waals surface area contributed by atoms with E-state index >= 15 is 0 Å². The molecule has 0 radical (unpaired) electrons. The SMILES string of the molecule is Cc1cc(-c2ccc(C#C[Si](C)(C)C)cn2)n(C)n1. The fourth-order valence-corrected chi connectivity index (χ4v) is 2.25. The van der Waals surface area contributed by atoms with E-state index in [9.17, 15) is 0 Å². The number of aryl methyl sites for hydroxylation is 2. The van der Waals surface area contributed by atoms with Crippen LogP contribution >= 0.6 is 0 Å². The average Bonchev–Trinajstić information content (AvgIpc) is 2.66. The summed E-state index contributed by atoms with van der Waals surface area (Å²) >= 11 is 0. The third-order valence-corrected chi connectivity index (χ3v) is 3.48. The molecule has 0 bridgehead atoms. The van der Waals surface area contributed by atoms with Crippen LogP contribution in [0.5, 0.6) is 0 Å². The summed E-state index contributed by atoms with van der Waals surface area (Å²) < 4.78 is 1.85. The Balaban J connectivity index is 2.28. The van der Waals surface area contributed by atoms with E-state index in [4.69, 9.17) is 0 Å². The fourth-order valence-electron chi connectivity index (χ4n) is 1.73. The van der Waals surface area contributed by atoms with Crippen molar-refractivity contribution in [3.8, 4) is 22.9 Å². The molecule has 2 rings (SSSR count). The average molecular weight is 269 g/mol. The lowest BCUT2D eigenvalue weighted by Gasteiger charge is -2.04. The van der Waals surface area contributed by atoms with Crippen molar-refractivity contribution in [1.29, 1.82) is 0 Å². The molecule has 0 aliphatic rings. The summed E-state index contributed by atoms with van der Waals surface area (Å²) in [7, 11) is 0.607. The van der Waals surface area contributed by atoms with Gasteiger partial charge in [0.15, 0.2) is 0 Å². The van der Waals surface area contributed by atoms with Crippen molar-refractivity contribution in [2.75, 3.05) is 0 Å². The highest BCUT2D eigenvalue weighted by molar-refractivity contribution is 6.83. The molecule has 0 saturated carbocycles. The Kier molecular flexibility index (Phi) is 3.58. The van der Waals surface area contributed by atoms with Crippen LogP contribution in [0.2, 0.25) is 19.6 Å². The van der Waals surface area contributed by atoms with Crippen LogP contribution in [0.3, 0.4) is 0 Å². The molecule has 2 aromatic rings. The Morgan fingerprint density at radius 1 is 1.21 bits per heavy atom. The van der Waals surface area contributed by atoms with Gasteiger partial charge in [0.1, 0.15) is 8.07 Å². The van der Waals surface area contributed by atoms with Gasteiger partial charge in [-0.1, -0.05) is 25.6 Å². The summed E-state index contributed by atoms with van der Waals surface area (Å²) in [5.41, 5.74) is 7.28. The molecule has 0 N–H and O–H groups in total. The predicted molar refractivity (Wildman–Crippen MR) is 81.4 cm³/mol. The normalized spacial score (nSPS) is 11.0. The Labute approximate surface area is 115 Å². The van der Waals surface area contributed by atoms with Gasteiger partial charge in [-0.05, 0) is 25.1 Å². The van der Waals surface area contributed by atoms with Gasteiger partial charge in [-0.2, -0.15) is 5.10 Å². The minimum Gasteiger partial charge on any atom is -0.266 e. The second kappa shape index (κ2) is 5.02. The molecule has 0 unspecified atom stereocenters. The van der Waals surface area contributed by atoms with Crippen molar-refractivity contribution in [3.05, 3.63) is 35.7 Å². The van der Waals surface area contributed by atoms with Gasteiger partial charge in [-0.3, -0.25) is 9.67 Å². The van der Waals surface area contributed by atoms with Crippen molar-refractivity contribution in [3.63, 3.8) is 0 Å². The maximum Gasteiger partial charge on any atom is 0.129 e. The third-order valence-electron chi connectivity index (χ3n) is 2.61. The molecule has 0 aliphatic heterocycles. The largest absolute Gasteiger partial charge is 0.266 e. The zero-order chi connectivity index (χ0) is 14.0. The van der Waals surface area contributed by atoms with Crippen LogP contribution in [0.15, 0.2) is 24.4 Å². The molecule has 0 amide bonds. The standard InChI is InChI=1S/C15H19N3Si/c1-12-10-15(18(2)17-12)14-7-6-13(11-16-14)8-9-19(3,4)5/h6-7,10-11H,1-5H3. The van der Waals surface area contributed by atoms with Gasteiger partial charge in [0, 0.05) is 18.8 Å². The third kappa shape index (κ3) is 3.55. The maximum absolute atomic E-state index is 4.48. The highest BCUT2D eigenvalue weighted by Gasteiger charge is 2.08. The van der Waals surface area contributed by atoms with E-state index in [1.165, 1.54) is 0 Å². The number of nitrogens with zero attached hydrogens (tertiary/aromatic N) is 3. The Bertz CT molecular complexity index is 637. The predicted octanol–water partition coefficient (Wildman–Crippen LogP) is 3.02. The van der Waals surface area contributed by atoms with Gasteiger partial charge in [0.05, 0.1) is 17.1 Å². The van der Waals surface area contributed by atoms with Gasteiger partial charge < -0.3 is 0 Å². The van der Waals surface area contributed by atoms with Crippen LogP contribution in [-0.4, -0.2) is 22.8 Å². The van der Waals surface area contributed by atoms with Crippen molar-refractivity contribution in [2.24, 2.45) is 7.05 Å². The molecule has 2 heterocycles. The van der Waals surface area contributed by atoms with E-state index < -0.39 is 8.07 Å². The first-order chi connectivity index (χ1) is 8.85. The minimum atomic E-state index is -1.33. The second-order valence-corrected chi connectivity index (χ2v) is 10.5. The van der Waals surface area contributed by atoms with Gasteiger partial charge in [-0.25, -0.2) is 0 Å². The summed E-state index contributed by atoms with van der Waals surface area (Å²) in [6.07, 6.45) is 1.84. The molecule has 0 spiro atoms. The van der Waals surface area contributed by atoms with Gasteiger partial charge in [0.25, 0.3) is 0 Å². The van der Waals surface area contributed by atoms with E-state index in [2.05, 4.69) is 41.2 Å². The van der Waals surface area contributed by atoms with Crippen molar-refractivity contribution >= 4 is 8.07 Å². The zero-order valence-electron chi connectivity index (χ0n) is 12.2. The molecule has 0 fully saturated rings. The number of hydrogen-bond donors (Lipinski definition) is 0. The van der Waals surface area contributed by atoms with Gasteiger partial charge >= 0.3 is 0 Å². The second-order valence-electron chi connectivity index (χ2n) is 5.73. The van der Waals surface area contributed by atoms with Crippen LogP contribution in [0.4, 0.5) is 0 Å². The van der Waals surface area contributed by atoms with E-state index in [0.29, 0.717) is 0 Å². The molecule has 2 aromatic heterocycles. The fraction of sp³-hybridized carbons (Fsp3) is 0.333. The first-order valence-electron chi connectivity index (χ1n) is 6.35. The monoisotopic (exact) mass is 269 g/mol.